The molecule has 1 amide bonds. The molecular formula is C11H14N2O2. The molecule has 1 aliphatic rings. The predicted octanol–water partition coefficient (Wildman–Crippen LogP) is 0.402. The second-order valence-electron chi connectivity index (χ2n) is 3.85. The quantitative estimate of drug-likeness (QED) is 0.656. The summed E-state index contributed by atoms with van der Waals surface area (Å²) in [4.78, 5) is 11.7. The van der Waals surface area contributed by atoms with E-state index in [9.17, 15) is 9.90 Å². The summed E-state index contributed by atoms with van der Waals surface area (Å²) in [6.07, 6.45) is 0. The van der Waals surface area contributed by atoms with Gasteiger partial charge in [-0.1, -0.05) is 6.07 Å². The minimum absolute atomic E-state index is 0.0415. The number of benzene rings is 1. The average Bonchev–Trinajstić information content (AvgIpc) is 2.11. The molecule has 0 aliphatic carbocycles. The molecule has 4 nitrogen and oxygen atoms in total. The van der Waals surface area contributed by atoms with Crippen LogP contribution in [0.3, 0.4) is 0 Å². The normalized spacial score (nSPS) is 15.8. The molecule has 1 fully saturated rings. The monoisotopic (exact) mass is 206 g/mol. The molecule has 0 bridgehead atoms. The highest BCUT2D eigenvalue weighted by atomic mass is 16.3. The van der Waals surface area contributed by atoms with Gasteiger partial charge in [0.1, 0.15) is 5.75 Å². The molecule has 1 aliphatic heterocycles. The lowest BCUT2D eigenvalue weighted by Gasteiger charge is -2.28. The van der Waals surface area contributed by atoms with Crippen LogP contribution in [0.5, 0.6) is 5.75 Å². The molecule has 15 heavy (non-hydrogen) atoms. The zero-order valence-corrected chi connectivity index (χ0v) is 8.58. The fourth-order valence-electron chi connectivity index (χ4n) is 1.49. The third-order valence-corrected chi connectivity index (χ3v) is 2.51. The zero-order chi connectivity index (χ0) is 10.8. The van der Waals surface area contributed by atoms with Crippen molar-refractivity contribution >= 4 is 5.91 Å². The summed E-state index contributed by atoms with van der Waals surface area (Å²) in [7, 11) is 0. The molecule has 4 heteroatoms. The average molecular weight is 206 g/mol. The molecule has 0 radical (unpaired) electrons. The van der Waals surface area contributed by atoms with Gasteiger partial charge in [0.2, 0.25) is 0 Å². The van der Waals surface area contributed by atoms with E-state index in [0.29, 0.717) is 5.56 Å². The van der Waals surface area contributed by atoms with Gasteiger partial charge in [-0.15, -0.1) is 0 Å². The molecule has 1 saturated heterocycles. The van der Waals surface area contributed by atoms with Gasteiger partial charge in [0.05, 0.1) is 11.6 Å². The van der Waals surface area contributed by atoms with Crippen molar-refractivity contribution in [2.75, 3.05) is 13.1 Å². The van der Waals surface area contributed by atoms with E-state index in [1.165, 1.54) is 0 Å². The number of amides is 1. The smallest absolute Gasteiger partial charge is 0.255 e. The van der Waals surface area contributed by atoms with Gasteiger partial charge in [0.25, 0.3) is 5.91 Å². The maximum absolute atomic E-state index is 11.7. The van der Waals surface area contributed by atoms with Crippen LogP contribution in [0.25, 0.3) is 0 Å². The lowest BCUT2D eigenvalue weighted by atomic mass is 10.1. The number of hydrogen-bond acceptors (Lipinski definition) is 3. The number of phenolic OH excluding ortho intramolecular Hbond substituents is 1. The summed E-state index contributed by atoms with van der Waals surface area (Å²) in [5.41, 5.74) is 1.28. The first kappa shape index (κ1) is 9.98. The van der Waals surface area contributed by atoms with Crippen LogP contribution in [-0.4, -0.2) is 30.1 Å². The van der Waals surface area contributed by atoms with E-state index in [4.69, 9.17) is 0 Å². The fourth-order valence-corrected chi connectivity index (χ4v) is 1.49. The molecule has 3 N–H and O–H groups in total. The fraction of sp³-hybridized carbons (Fsp3) is 0.364. The lowest BCUT2D eigenvalue weighted by Crippen LogP contribution is -2.56. The minimum Gasteiger partial charge on any atom is -0.507 e. The van der Waals surface area contributed by atoms with Gasteiger partial charge >= 0.3 is 0 Å². The summed E-state index contributed by atoms with van der Waals surface area (Å²) in [6, 6.07) is 5.24. The number of phenols is 1. The summed E-state index contributed by atoms with van der Waals surface area (Å²) >= 11 is 0. The third kappa shape index (κ3) is 2.10. The molecule has 0 saturated carbocycles. The van der Waals surface area contributed by atoms with E-state index < -0.39 is 0 Å². The van der Waals surface area contributed by atoms with E-state index in [0.717, 1.165) is 18.7 Å². The van der Waals surface area contributed by atoms with Crippen molar-refractivity contribution in [3.05, 3.63) is 29.3 Å². The molecule has 0 spiro atoms. The topological polar surface area (TPSA) is 61.4 Å². The Labute approximate surface area is 88.3 Å². The van der Waals surface area contributed by atoms with Crippen molar-refractivity contribution in [2.45, 2.75) is 13.0 Å². The first-order chi connectivity index (χ1) is 7.16. The van der Waals surface area contributed by atoms with Crippen LogP contribution in [0.2, 0.25) is 0 Å². The van der Waals surface area contributed by atoms with Gasteiger partial charge in [0.15, 0.2) is 0 Å². The lowest BCUT2D eigenvalue weighted by molar-refractivity contribution is 0.0921. The first-order valence-corrected chi connectivity index (χ1v) is 4.98. The van der Waals surface area contributed by atoms with Crippen molar-refractivity contribution in [1.29, 1.82) is 0 Å². The number of carbonyl (C=O) groups excluding carboxylic acids is 1. The van der Waals surface area contributed by atoms with E-state index >= 15 is 0 Å². The zero-order valence-electron chi connectivity index (χ0n) is 8.58. The van der Waals surface area contributed by atoms with Gasteiger partial charge in [-0.2, -0.15) is 0 Å². The van der Waals surface area contributed by atoms with E-state index in [1.807, 2.05) is 13.0 Å². The highest BCUT2D eigenvalue weighted by molar-refractivity contribution is 5.97. The van der Waals surface area contributed by atoms with Crippen molar-refractivity contribution in [3.63, 3.8) is 0 Å². The Morgan fingerprint density at radius 3 is 2.80 bits per heavy atom. The summed E-state index contributed by atoms with van der Waals surface area (Å²) in [6.45, 7) is 3.48. The first-order valence-electron chi connectivity index (χ1n) is 4.98. The Balaban J connectivity index is 2.10. The van der Waals surface area contributed by atoms with Crippen molar-refractivity contribution in [2.24, 2.45) is 0 Å². The molecule has 80 valence electrons. The standard InChI is InChI=1S/C11H14N2O2/c1-7-2-3-9(10(14)4-7)11(15)13-8-5-12-6-8/h2-4,8,12,14H,5-6H2,1H3,(H,13,15). The summed E-state index contributed by atoms with van der Waals surface area (Å²) in [5.74, 6) is -0.168. The van der Waals surface area contributed by atoms with Gasteiger partial charge < -0.3 is 15.7 Å². The Kier molecular flexibility index (Phi) is 2.60. The predicted molar refractivity (Wildman–Crippen MR) is 57.0 cm³/mol. The SMILES string of the molecule is Cc1ccc(C(=O)NC2CNC2)c(O)c1. The van der Waals surface area contributed by atoms with Crippen molar-refractivity contribution in [3.8, 4) is 5.75 Å². The molecule has 1 heterocycles. The maximum atomic E-state index is 11.7. The summed E-state index contributed by atoms with van der Waals surface area (Å²) in [5, 5.41) is 15.5. The molecular weight excluding hydrogens is 192 g/mol. The number of aromatic hydroxyl groups is 1. The van der Waals surface area contributed by atoms with Crippen LogP contribution in [-0.2, 0) is 0 Å². The van der Waals surface area contributed by atoms with Crippen LogP contribution < -0.4 is 10.6 Å². The number of rotatable bonds is 2. The van der Waals surface area contributed by atoms with Crippen LogP contribution in [0.4, 0.5) is 0 Å². The summed E-state index contributed by atoms with van der Waals surface area (Å²) < 4.78 is 0. The Bertz CT molecular complexity index is 386. The highest BCUT2D eigenvalue weighted by Crippen LogP contribution is 2.18. The van der Waals surface area contributed by atoms with Gasteiger partial charge in [0, 0.05) is 13.1 Å². The van der Waals surface area contributed by atoms with E-state index in [1.54, 1.807) is 12.1 Å². The highest BCUT2D eigenvalue weighted by Gasteiger charge is 2.20. The number of aryl methyl sites for hydroxylation is 1. The van der Waals surface area contributed by atoms with Gasteiger partial charge in [-0.3, -0.25) is 4.79 Å². The Hall–Kier alpha value is -1.55. The van der Waals surface area contributed by atoms with Crippen LogP contribution >= 0.6 is 0 Å². The van der Waals surface area contributed by atoms with Crippen LogP contribution in [0.1, 0.15) is 15.9 Å². The molecule has 1 aromatic rings. The third-order valence-electron chi connectivity index (χ3n) is 2.51. The van der Waals surface area contributed by atoms with E-state index in [2.05, 4.69) is 10.6 Å². The molecule has 2 rings (SSSR count). The largest absolute Gasteiger partial charge is 0.507 e. The van der Waals surface area contributed by atoms with Crippen molar-refractivity contribution in [1.82, 2.24) is 10.6 Å². The Morgan fingerprint density at radius 2 is 2.27 bits per heavy atom. The second kappa shape index (κ2) is 3.90. The maximum Gasteiger partial charge on any atom is 0.255 e. The second-order valence-corrected chi connectivity index (χ2v) is 3.85. The number of nitrogens with one attached hydrogen (secondary N) is 2. The minimum atomic E-state index is -0.209. The van der Waals surface area contributed by atoms with E-state index in [-0.39, 0.29) is 17.7 Å². The van der Waals surface area contributed by atoms with Gasteiger partial charge in [-0.05, 0) is 24.6 Å². The van der Waals surface area contributed by atoms with Crippen molar-refractivity contribution < 1.29 is 9.90 Å². The number of hydrogen-bond donors (Lipinski definition) is 3. The molecule has 1 aromatic carbocycles. The van der Waals surface area contributed by atoms with Crippen LogP contribution in [0.15, 0.2) is 18.2 Å². The molecule has 0 aromatic heterocycles. The van der Waals surface area contributed by atoms with Crippen LogP contribution in [0, 0.1) is 6.92 Å². The molecule has 0 atom stereocenters. The number of carbonyl (C=O) groups is 1. The van der Waals surface area contributed by atoms with Gasteiger partial charge in [-0.25, -0.2) is 0 Å². The molecule has 0 unspecified atom stereocenters. The Morgan fingerprint density at radius 1 is 1.53 bits per heavy atom.